The van der Waals surface area contributed by atoms with Crippen molar-refractivity contribution in [3.63, 3.8) is 0 Å². The second-order valence-electron chi connectivity index (χ2n) is 5.01. The number of carbonyl (C=O) groups excluding carboxylic acids is 1. The molecule has 0 aliphatic carbocycles. The molecule has 1 amide bonds. The Morgan fingerprint density at radius 3 is 2.57 bits per heavy atom. The van der Waals surface area contributed by atoms with Crippen molar-refractivity contribution in [2.75, 3.05) is 6.54 Å². The first-order chi connectivity index (χ1) is 11.2. The molecule has 23 heavy (non-hydrogen) atoms. The van der Waals surface area contributed by atoms with Crippen molar-refractivity contribution in [3.05, 3.63) is 76.4 Å². The smallest absolute Gasteiger partial charge is 0.251 e. The van der Waals surface area contributed by atoms with Crippen LogP contribution in [0, 0.1) is 5.82 Å². The highest BCUT2D eigenvalue weighted by molar-refractivity contribution is 7.09. The van der Waals surface area contributed by atoms with Crippen LogP contribution in [-0.4, -0.2) is 17.4 Å². The number of hydrogen-bond donors (Lipinski definition) is 1. The first-order valence-corrected chi connectivity index (χ1v) is 8.14. The predicted molar refractivity (Wildman–Crippen MR) is 90.0 cm³/mol. The van der Waals surface area contributed by atoms with Gasteiger partial charge in [-0.3, -0.25) is 4.79 Å². The zero-order chi connectivity index (χ0) is 16.1. The van der Waals surface area contributed by atoms with Gasteiger partial charge in [-0.05, 0) is 36.4 Å². The van der Waals surface area contributed by atoms with E-state index in [0.717, 1.165) is 16.3 Å². The van der Waals surface area contributed by atoms with Crippen LogP contribution in [0.1, 0.15) is 15.4 Å². The molecular formula is C18H15FN2OS. The SMILES string of the molecule is O=C(NCCc1nc(-c2ccc(F)cc2)cs1)c1ccccc1. The summed E-state index contributed by atoms with van der Waals surface area (Å²) in [5.41, 5.74) is 2.38. The van der Waals surface area contributed by atoms with Crippen molar-refractivity contribution in [2.45, 2.75) is 6.42 Å². The number of carbonyl (C=O) groups is 1. The third-order valence-electron chi connectivity index (χ3n) is 3.35. The molecule has 0 aliphatic heterocycles. The molecular weight excluding hydrogens is 311 g/mol. The summed E-state index contributed by atoms with van der Waals surface area (Å²) in [6, 6.07) is 15.4. The van der Waals surface area contributed by atoms with E-state index in [-0.39, 0.29) is 11.7 Å². The second-order valence-corrected chi connectivity index (χ2v) is 5.95. The lowest BCUT2D eigenvalue weighted by Crippen LogP contribution is -2.25. The quantitative estimate of drug-likeness (QED) is 0.772. The summed E-state index contributed by atoms with van der Waals surface area (Å²) in [5, 5.41) is 5.77. The van der Waals surface area contributed by atoms with Crippen LogP contribution < -0.4 is 5.32 Å². The highest BCUT2D eigenvalue weighted by Gasteiger charge is 2.07. The minimum Gasteiger partial charge on any atom is -0.352 e. The summed E-state index contributed by atoms with van der Waals surface area (Å²) in [6.07, 6.45) is 0.671. The normalized spacial score (nSPS) is 10.5. The number of rotatable bonds is 5. The van der Waals surface area contributed by atoms with E-state index in [2.05, 4.69) is 10.3 Å². The standard InChI is InChI=1S/C18H15FN2OS/c19-15-8-6-13(7-9-15)16-12-23-17(21-16)10-11-20-18(22)14-4-2-1-3-5-14/h1-9,12H,10-11H2,(H,20,22). The molecule has 0 saturated heterocycles. The number of nitrogens with zero attached hydrogens (tertiary/aromatic N) is 1. The van der Waals surface area contributed by atoms with E-state index in [9.17, 15) is 9.18 Å². The van der Waals surface area contributed by atoms with Gasteiger partial charge in [0.2, 0.25) is 0 Å². The summed E-state index contributed by atoms with van der Waals surface area (Å²) < 4.78 is 12.9. The first-order valence-electron chi connectivity index (χ1n) is 7.26. The highest BCUT2D eigenvalue weighted by atomic mass is 32.1. The second kappa shape index (κ2) is 7.15. The van der Waals surface area contributed by atoms with Crippen LogP contribution in [-0.2, 0) is 6.42 Å². The van der Waals surface area contributed by atoms with Gasteiger partial charge < -0.3 is 5.32 Å². The van der Waals surface area contributed by atoms with Gasteiger partial charge in [0.25, 0.3) is 5.91 Å². The minimum atomic E-state index is -0.257. The molecule has 3 nitrogen and oxygen atoms in total. The highest BCUT2D eigenvalue weighted by Crippen LogP contribution is 2.22. The van der Waals surface area contributed by atoms with Gasteiger partial charge in [0.1, 0.15) is 5.82 Å². The molecule has 0 spiro atoms. The summed E-state index contributed by atoms with van der Waals surface area (Å²) >= 11 is 1.54. The first kappa shape index (κ1) is 15.4. The van der Waals surface area contributed by atoms with Gasteiger partial charge in [-0.25, -0.2) is 9.37 Å². The van der Waals surface area contributed by atoms with Crippen LogP contribution in [0.25, 0.3) is 11.3 Å². The van der Waals surface area contributed by atoms with Gasteiger partial charge in [0, 0.05) is 29.5 Å². The Bertz CT molecular complexity index is 784. The van der Waals surface area contributed by atoms with Gasteiger partial charge in [-0.2, -0.15) is 0 Å². The van der Waals surface area contributed by atoms with Gasteiger partial charge in [-0.15, -0.1) is 11.3 Å². The van der Waals surface area contributed by atoms with E-state index >= 15 is 0 Å². The maximum Gasteiger partial charge on any atom is 0.251 e. The number of benzene rings is 2. The van der Waals surface area contributed by atoms with E-state index in [0.29, 0.717) is 18.5 Å². The molecule has 0 bridgehead atoms. The summed E-state index contributed by atoms with van der Waals surface area (Å²) in [6.45, 7) is 0.532. The predicted octanol–water partition coefficient (Wildman–Crippen LogP) is 3.92. The number of amides is 1. The molecule has 2 aromatic carbocycles. The summed E-state index contributed by atoms with van der Waals surface area (Å²) in [7, 11) is 0. The zero-order valence-electron chi connectivity index (χ0n) is 12.3. The third kappa shape index (κ3) is 4.02. The fourth-order valence-corrected chi connectivity index (χ4v) is 2.96. The van der Waals surface area contributed by atoms with Crippen LogP contribution in [0.5, 0.6) is 0 Å². The molecule has 0 unspecified atom stereocenters. The Morgan fingerprint density at radius 1 is 1.09 bits per heavy atom. The fourth-order valence-electron chi connectivity index (χ4n) is 2.15. The molecule has 1 N–H and O–H groups in total. The van der Waals surface area contributed by atoms with Crippen molar-refractivity contribution in [2.24, 2.45) is 0 Å². The van der Waals surface area contributed by atoms with Crippen molar-refractivity contribution < 1.29 is 9.18 Å². The van der Waals surface area contributed by atoms with E-state index in [1.807, 2.05) is 23.6 Å². The van der Waals surface area contributed by atoms with E-state index in [4.69, 9.17) is 0 Å². The zero-order valence-corrected chi connectivity index (χ0v) is 13.1. The molecule has 0 aliphatic rings. The van der Waals surface area contributed by atoms with Crippen LogP contribution >= 0.6 is 11.3 Å². The Morgan fingerprint density at radius 2 is 1.83 bits per heavy atom. The van der Waals surface area contributed by atoms with Crippen molar-refractivity contribution in [1.29, 1.82) is 0 Å². The number of halogens is 1. The Kier molecular flexibility index (Phi) is 4.78. The van der Waals surface area contributed by atoms with Crippen LogP contribution in [0.4, 0.5) is 4.39 Å². The average Bonchev–Trinajstić information content (AvgIpc) is 3.05. The maximum absolute atomic E-state index is 12.9. The van der Waals surface area contributed by atoms with Gasteiger partial charge in [-0.1, -0.05) is 18.2 Å². The Hall–Kier alpha value is -2.53. The summed E-state index contributed by atoms with van der Waals surface area (Å²) in [4.78, 5) is 16.5. The Balaban J connectivity index is 1.55. The lowest BCUT2D eigenvalue weighted by atomic mass is 10.2. The molecule has 0 atom stereocenters. The third-order valence-corrected chi connectivity index (χ3v) is 4.26. The van der Waals surface area contributed by atoms with E-state index < -0.39 is 0 Å². The molecule has 0 radical (unpaired) electrons. The fraction of sp³-hybridized carbons (Fsp3) is 0.111. The van der Waals surface area contributed by atoms with Crippen LogP contribution in [0.2, 0.25) is 0 Å². The van der Waals surface area contributed by atoms with Gasteiger partial charge in [0.15, 0.2) is 0 Å². The van der Waals surface area contributed by atoms with E-state index in [1.54, 1.807) is 24.3 Å². The number of thiazole rings is 1. The van der Waals surface area contributed by atoms with Crippen molar-refractivity contribution in [1.82, 2.24) is 10.3 Å². The lowest BCUT2D eigenvalue weighted by molar-refractivity contribution is 0.0954. The maximum atomic E-state index is 12.9. The van der Waals surface area contributed by atoms with Gasteiger partial charge in [0.05, 0.1) is 10.7 Å². The number of hydrogen-bond acceptors (Lipinski definition) is 3. The topological polar surface area (TPSA) is 42.0 Å². The monoisotopic (exact) mass is 326 g/mol. The van der Waals surface area contributed by atoms with Crippen LogP contribution in [0.3, 0.4) is 0 Å². The molecule has 0 saturated carbocycles. The minimum absolute atomic E-state index is 0.0825. The summed E-state index contributed by atoms with van der Waals surface area (Å²) in [5.74, 6) is -0.339. The molecule has 3 aromatic rings. The largest absolute Gasteiger partial charge is 0.352 e. The molecule has 1 heterocycles. The molecule has 0 fully saturated rings. The van der Waals surface area contributed by atoms with E-state index in [1.165, 1.54) is 23.5 Å². The lowest BCUT2D eigenvalue weighted by Gasteiger charge is -2.03. The van der Waals surface area contributed by atoms with Crippen molar-refractivity contribution in [3.8, 4) is 11.3 Å². The molecule has 3 rings (SSSR count). The molecule has 5 heteroatoms. The molecule has 1 aromatic heterocycles. The van der Waals surface area contributed by atoms with Crippen LogP contribution in [0.15, 0.2) is 60.0 Å². The van der Waals surface area contributed by atoms with Gasteiger partial charge >= 0.3 is 0 Å². The molecule has 116 valence electrons. The van der Waals surface area contributed by atoms with Crippen molar-refractivity contribution >= 4 is 17.2 Å². The number of aromatic nitrogens is 1. The average molecular weight is 326 g/mol. The number of nitrogens with one attached hydrogen (secondary N) is 1. The Labute approximate surface area is 137 Å².